The van der Waals surface area contributed by atoms with Crippen LogP contribution in [0, 0.1) is 23.2 Å². The van der Waals surface area contributed by atoms with Gasteiger partial charge < -0.3 is 15.2 Å². The second-order valence-electron chi connectivity index (χ2n) is 6.55. The number of H-pyrrole nitrogens is 1. The number of aromatic nitrogens is 2. The van der Waals surface area contributed by atoms with Crippen LogP contribution in [-0.4, -0.2) is 15.1 Å². The van der Waals surface area contributed by atoms with Gasteiger partial charge in [0.15, 0.2) is 5.11 Å². The number of para-hydroxylation sites is 1. The molecule has 0 amide bonds. The quantitative estimate of drug-likeness (QED) is 0.402. The zero-order valence-corrected chi connectivity index (χ0v) is 17.8. The van der Waals surface area contributed by atoms with Gasteiger partial charge in [-0.25, -0.2) is 4.39 Å². The lowest BCUT2D eigenvalue weighted by atomic mass is 9.96. The van der Waals surface area contributed by atoms with Crippen molar-refractivity contribution in [3.8, 4) is 0 Å². The molecule has 4 rings (SSSR count). The number of nitrogens with one attached hydrogen (secondary N) is 2. The minimum Gasteiger partial charge on any atom is -0.362 e. The van der Waals surface area contributed by atoms with E-state index in [0.717, 1.165) is 26.2 Å². The Hall–Kier alpha value is -2.00. The van der Waals surface area contributed by atoms with Crippen molar-refractivity contribution in [3.05, 3.63) is 80.7 Å². The van der Waals surface area contributed by atoms with Gasteiger partial charge in [0.25, 0.3) is 0 Å². The van der Waals surface area contributed by atoms with E-state index >= 15 is 0 Å². The topological polar surface area (TPSA) is 44.0 Å². The molecular weight excluding hydrogens is 474 g/mol. The summed E-state index contributed by atoms with van der Waals surface area (Å²) in [6.45, 7) is 4.09. The maximum atomic E-state index is 14.7. The van der Waals surface area contributed by atoms with Gasteiger partial charge in [-0.3, -0.25) is 4.98 Å². The number of benzene rings is 1. The highest BCUT2D eigenvalue weighted by Gasteiger charge is 2.43. The number of anilines is 1. The molecule has 0 spiro atoms. The first-order chi connectivity index (χ1) is 13.0. The number of aromatic amines is 1. The Bertz CT molecular complexity index is 1000. The Morgan fingerprint density at radius 1 is 1.11 bits per heavy atom. The van der Waals surface area contributed by atoms with Crippen molar-refractivity contribution in [3.63, 3.8) is 0 Å². The van der Waals surface area contributed by atoms with Gasteiger partial charge in [0.1, 0.15) is 5.82 Å². The largest absolute Gasteiger partial charge is 0.362 e. The van der Waals surface area contributed by atoms with Gasteiger partial charge in [-0.1, -0.05) is 18.2 Å². The highest BCUT2D eigenvalue weighted by atomic mass is 127. The molecule has 7 heteroatoms. The van der Waals surface area contributed by atoms with E-state index in [9.17, 15) is 4.39 Å². The number of nitrogens with zero attached hydrogens (tertiary/aromatic N) is 2. The molecule has 4 nitrogen and oxygen atoms in total. The van der Waals surface area contributed by atoms with Gasteiger partial charge in [0, 0.05) is 26.7 Å². The second kappa shape index (κ2) is 7.20. The minimum atomic E-state index is -0.298. The lowest BCUT2D eigenvalue weighted by Crippen LogP contribution is -2.30. The molecule has 0 aliphatic carbocycles. The van der Waals surface area contributed by atoms with Crippen molar-refractivity contribution in [2.75, 3.05) is 4.90 Å². The van der Waals surface area contributed by atoms with Crippen LogP contribution in [0.2, 0.25) is 0 Å². The summed E-state index contributed by atoms with van der Waals surface area (Å²) in [6.07, 6.45) is 1.77. The smallest absolute Gasteiger partial charge is 0.174 e. The summed E-state index contributed by atoms with van der Waals surface area (Å²) in [7, 11) is 0. The van der Waals surface area contributed by atoms with Crippen LogP contribution in [-0.2, 0) is 0 Å². The van der Waals surface area contributed by atoms with Crippen LogP contribution in [0.1, 0.15) is 34.7 Å². The number of pyridine rings is 1. The van der Waals surface area contributed by atoms with Crippen LogP contribution in [0.4, 0.5) is 10.1 Å². The van der Waals surface area contributed by atoms with Gasteiger partial charge in [0.2, 0.25) is 0 Å². The summed E-state index contributed by atoms with van der Waals surface area (Å²) in [6, 6.07) is 12.2. The van der Waals surface area contributed by atoms with Gasteiger partial charge in [-0.05, 0) is 72.9 Å². The molecule has 1 aliphatic heterocycles. The lowest BCUT2D eigenvalue weighted by molar-refractivity contribution is 0.555. The maximum Gasteiger partial charge on any atom is 0.174 e. The Kier molecular flexibility index (Phi) is 4.90. The van der Waals surface area contributed by atoms with Crippen LogP contribution >= 0.6 is 34.8 Å². The molecule has 0 bridgehead atoms. The molecule has 3 heterocycles. The fourth-order valence-electron chi connectivity index (χ4n) is 3.68. The molecule has 1 aromatic carbocycles. The molecule has 0 radical (unpaired) electrons. The molecule has 0 saturated carbocycles. The van der Waals surface area contributed by atoms with E-state index in [2.05, 4.69) is 37.9 Å². The number of hydrogen-bond acceptors (Lipinski definition) is 2. The predicted octanol–water partition coefficient (Wildman–Crippen LogP) is 4.95. The normalized spacial score (nSPS) is 19.4. The fraction of sp³-hybridized carbons (Fsp3) is 0.200. The number of hydrogen-bond donors (Lipinski definition) is 2. The van der Waals surface area contributed by atoms with E-state index in [4.69, 9.17) is 12.2 Å². The van der Waals surface area contributed by atoms with E-state index in [1.54, 1.807) is 18.3 Å². The molecule has 1 aliphatic rings. The standard InChI is InChI=1S/C20H18FIN4S/c1-11-16(17(22)12(2)24-11)19-18(14-8-5-6-10-23-14)25-20(27)26(19)15-9-4-3-7-13(15)21/h3-10,18-19,24H,1-2H3,(H,25,27)/t18-,19+/m0/s1. The molecular formula is C20H18FIN4S. The van der Waals surface area contributed by atoms with Gasteiger partial charge in [-0.15, -0.1) is 0 Å². The van der Waals surface area contributed by atoms with Crippen LogP contribution < -0.4 is 10.2 Å². The molecule has 2 atom stereocenters. The molecule has 27 heavy (non-hydrogen) atoms. The van der Waals surface area contributed by atoms with E-state index in [0.29, 0.717) is 10.8 Å². The predicted molar refractivity (Wildman–Crippen MR) is 117 cm³/mol. The molecule has 3 aromatic rings. The number of halogens is 2. The maximum absolute atomic E-state index is 14.7. The first kappa shape index (κ1) is 18.4. The van der Waals surface area contributed by atoms with Crippen molar-refractivity contribution in [1.29, 1.82) is 0 Å². The Morgan fingerprint density at radius 2 is 1.85 bits per heavy atom. The third kappa shape index (κ3) is 3.12. The van der Waals surface area contributed by atoms with Crippen molar-refractivity contribution in [2.24, 2.45) is 0 Å². The monoisotopic (exact) mass is 492 g/mol. The average molecular weight is 492 g/mol. The van der Waals surface area contributed by atoms with Crippen LogP contribution in [0.15, 0.2) is 48.7 Å². The third-order valence-electron chi connectivity index (χ3n) is 4.85. The van der Waals surface area contributed by atoms with Crippen LogP contribution in [0.25, 0.3) is 0 Å². The Labute approximate surface area is 176 Å². The summed E-state index contributed by atoms with van der Waals surface area (Å²) >= 11 is 7.98. The molecule has 1 saturated heterocycles. The highest BCUT2D eigenvalue weighted by molar-refractivity contribution is 14.1. The molecule has 0 unspecified atom stereocenters. The SMILES string of the molecule is Cc1[nH]c(C)c([C@@H]2[C@H](c3ccccn3)NC(=S)N2c2ccccc2F)c1I. The second-order valence-corrected chi connectivity index (χ2v) is 8.02. The molecule has 2 aromatic heterocycles. The molecule has 138 valence electrons. The van der Waals surface area contributed by atoms with Gasteiger partial charge in [-0.2, -0.15) is 0 Å². The zero-order valence-electron chi connectivity index (χ0n) is 14.8. The fourth-order valence-corrected chi connectivity index (χ4v) is 4.87. The van der Waals surface area contributed by atoms with Crippen molar-refractivity contribution >= 4 is 45.6 Å². The first-order valence-electron chi connectivity index (χ1n) is 8.58. The highest BCUT2D eigenvalue weighted by Crippen LogP contribution is 2.45. The number of aryl methyl sites for hydroxylation is 2. The van der Waals surface area contributed by atoms with Crippen molar-refractivity contribution in [1.82, 2.24) is 15.3 Å². The average Bonchev–Trinajstić information content (AvgIpc) is 3.12. The number of thiocarbonyl (C=S) groups is 1. The third-order valence-corrected chi connectivity index (χ3v) is 6.56. The van der Waals surface area contributed by atoms with Gasteiger partial charge >= 0.3 is 0 Å². The van der Waals surface area contributed by atoms with Gasteiger partial charge in [0.05, 0.1) is 23.5 Å². The summed E-state index contributed by atoms with van der Waals surface area (Å²) in [5.41, 5.74) is 4.59. The van der Waals surface area contributed by atoms with Crippen molar-refractivity contribution in [2.45, 2.75) is 25.9 Å². The van der Waals surface area contributed by atoms with E-state index in [-0.39, 0.29) is 17.9 Å². The summed E-state index contributed by atoms with van der Waals surface area (Å²) in [5.74, 6) is -0.298. The van der Waals surface area contributed by atoms with Crippen LogP contribution in [0.5, 0.6) is 0 Å². The van der Waals surface area contributed by atoms with E-state index in [1.165, 1.54) is 6.07 Å². The number of rotatable bonds is 3. The van der Waals surface area contributed by atoms with Crippen molar-refractivity contribution < 1.29 is 4.39 Å². The van der Waals surface area contributed by atoms with E-state index in [1.807, 2.05) is 43.0 Å². The summed E-state index contributed by atoms with van der Waals surface area (Å²) in [5, 5.41) is 3.86. The molecule has 1 fully saturated rings. The lowest BCUT2D eigenvalue weighted by Gasteiger charge is -2.28. The first-order valence-corrected chi connectivity index (χ1v) is 10.1. The minimum absolute atomic E-state index is 0.180. The summed E-state index contributed by atoms with van der Waals surface area (Å²) in [4.78, 5) is 9.82. The molecule has 2 N–H and O–H groups in total. The summed E-state index contributed by atoms with van der Waals surface area (Å²) < 4.78 is 15.8. The van der Waals surface area contributed by atoms with E-state index < -0.39 is 0 Å². The Balaban J connectivity index is 1.92. The Morgan fingerprint density at radius 3 is 2.48 bits per heavy atom. The zero-order chi connectivity index (χ0) is 19.1. The van der Waals surface area contributed by atoms with Crippen LogP contribution in [0.3, 0.4) is 0 Å².